The van der Waals surface area contributed by atoms with Crippen LogP contribution in [0.15, 0.2) is 0 Å². The Morgan fingerprint density at radius 3 is 2.76 bits per heavy atom. The van der Waals surface area contributed by atoms with Gasteiger partial charge in [-0.05, 0) is 26.2 Å². The molecule has 1 saturated carbocycles. The van der Waals surface area contributed by atoms with E-state index >= 15 is 0 Å². The van der Waals surface area contributed by atoms with Gasteiger partial charge < -0.3 is 14.2 Å². The molecule has 0 N–H and O–H groups in total. The minimum absolute atomic E-state index is 0.0283. The van der Waals surface area contributed by atoms with Crippen LogP contribution in [-0.4, -0.2) is 37.0 Å². The molecule has 1 heterocycles. The van der Waals surface area contributed by atoms with Crippen molar-refractivity contribution in [2.24, 2.45) is 0 Å². The molecule has 2 aliphatic rings. The van der Waals surface area contributed by atoms with Gasteiger partial charge in [-0.1, -0.05) is 19.8 Å². The van der Waals surface area contributed by atoms with Gasteiger partial charge in [0.2, 0.25) is 0 Å². The van der Waals surface area contributed by atoms with E-state index in [0.29, 0.717) is 13.0 Å². The molecule has 4 nitrogen and oxygen atoms in total. The van der Waals surface area contributed by atoms with Gasteiger partial charge >= 0.3 is 5.97 Å². The van der Waals surface area contributed by atoms with E-state index in [-0.39, 0.29) is 12.1 Å². The fourth-order valence-corrected chi connectivity index (χ4v) is 3.26. The molecule has 0 aromatic rings. The molecular formula is C13H22O4. The van der Waals surface area contributed by atoms with E-state index in [0.717, 1.165) is 25.7 Å². The Morgan fingerprint density at radius 1 is 1.41 bits per heavy atom. The number of methoxy groups -OCH3 is 1. The molecule has 1 saturated heterocycles. The molecular weight excluding hydrogens is 220 g/mol. The highest BCUT2D eigenvalue weighted by Crippen LogP contribution is 2.59. The first-order chi connectivity index (χ1) is 8.16. The third-order valence-electron chi connectivity index (χ3n) is 4.17. The molecule has 1 aliphatic heterocycles. The van der Waals surface area contributed by atoms with Crippen molar-refractivity contribution in [2.45, 2.75) is 63.3 Å². The third kappa shape index (κ3) is 1.69. The van der Waals surface area contributed by atoms with Gasteiger partial charge in [0.15, 0.2) is 5.60 Å². The van der Waals surface area contributed by atoms with Gasteiger partial charge in [-0.3, -0.25) is 0 Å². The first-order valence-corrected chi connectivity index (χ1v) is 6.57. The lowest BCUT2D eigenvalue weighted by molar-refractivity contribution is -0.150. The van der Waals surface area contributed by atoms with Crippen LogP contribution in [0.1, 0.15) is 46.0 Å². The Bertz CT molecular complexity index is 304. The van der Waals surface area contributed by atoms with Crippen LogP contribution in [0, 0.1) is 0 Å². The van der Waals surface area contributed by atoms with Crippen molar-refractivity contribution in [1.82, 2.24) is 0 Å². The largest absolute Gasteiger partial charge is 0.464 e. The second kappa shape index (κ2) is 4.58. The van der Waals surface area contributed by atoms with Gasteiger partial charge in [-0.25, -0.2) is 4.79 Å². The Hall–Kier alpha value is -0.610. The van der Waals surface area contributed by atoms with Gasteiger partial charge in [-0.2, -0.15) is 0 Å². The predicted molar refractivity (Wildman–Crippen MR) is 62.7 cm³/mol. The quantitative estimate of drug-likeness (QED) is 0.559. The number of rotatable bonds is 4. The molecule has 2 rings (SSSR count). The minimum atomic E-state index is -0.746. The van der Waals surface area contributed by atoms with Crippen LogP contribution in [0.25, 0.3) is 0 Å². The number of carbonyl (C=O) groups is 1. The van der Waals surface area contributed by atoms with Crippen molar-refractivity contribution < 1.29 is 19.0 Å². The van der Waals surface area contributed by atoms with Crippen LogP contribution in [0.2, 0.25) is 0 Å². The number of hydrogen-bond donors (Lipinski definition) is 0. The van der Waals surface area contributed by atoms with Crippen molar-refractivity contribution in [3.63, 3.8) is 0 Å². The first kappa shape index (κ1) is 12.8. The zero-order valence-electron chi connectivity index (χ0n) is 11.0. The van der Waals surface area contributed by atoms with Crippen LogP contribution in [-0.2, 0) is 19.0 Å². The first-order valence-electron chi connectivity index (χ1n) is 6.57. The minimum Gasteiger partial charge on any atom is -0.464 e. The van der Waals surface area contributed by atoms with Crippen molar-refractivity contribution in [2.75, 3.05) is 13.7 Å². The molecule has 0 radical (unpaired) electrons. The monoisotopic (exact) mass is 242 g/mol. The lowest BCUT2D eigenvalue weighted by Gasteiger charge is -2.30. The van der Waals surface area contributed by atoms with Gasteiger partial charge in [-0.15, -0.1) is 0 Å². The molecule has 4 heteroatoms. The molecule has 3 atom stereocenters. The average Bonchev–Trinajstić information content (AvgIpc) is 3.00. The van der Waals surface area contributed by atoms with Crippen LogP contribution >= 0.6 is 0 Å². The summed E-state index contributed by atoms with van der Waals surface area (Å²) in [5, 5.41) is 0. The van der Waals surface area contributed by atoms with Crippen LogP contribution in [0.4, 0.5) is 0 Å². The molecule has 0 amide bonds. The standard InChI is InChI=1S/C13H22O4/c1-4-12(11(14)16-5-2)13(17-12)9-7-6-8-10(13)15-3/h10H,4-9H2,1-3H3. The van der Waals surface area contributed by atoms with Crippen LogP contribution in [0.5, 0.6) is 0 Å². The normalized spacial score (nSPS) is 40.3. The molecule has 1 spiro atoms. The maximum atomic E-state index is 12.1. The second-order valence-corrected chi connectivity index (χ2v) is 4.86. The number of ether oxygens (including phenoxy) is 3. The summed E-state index contributed by atoms with van der Waals surface area (Å²) < 4.78 is 16.6. The summed E-state index contributed by atoms with van der Waals surface area (Å²) in [6, 6.07) is 0. The van der Waals surface area contributed by atoms with Crippen molar-refractivity contribution in [3.05, 3.63) is 0 Å². The molecule has 2 fully saturated rings. The summed E-state index contributed by atoms with van der Waals surface area (Å²) in [4.78, 5) is 12.1. The molecule has 17 heavy (non-hydrogen) atoms. The zero-order valence-corrected chi connectivity index (χ0v) is 11.0. The third-order valence-corrected chi connectivity index (χ3v) is 4.17. The lowest BCUT2D eigenvalue weighted by Crippen LogP contribution is -2.45. The topological polar surface area (TPSA) is 48.1 Å². The SMILES string of the molecule is CCOC(=O)C1(CC)OC12CCCCC2OC. The van der Waals surface area contributed by atoms with E-state index in [4.69, 9.17) is 14.2 Å². The smallest absolute Gasteiger partial charge is 0.341 e. The summed E-state index contributed by atoms with van der Waals surface area (Å²) >= 11 is 0. The second-order valence-electron chi connectivity index (χ2n) is 4.86. The summed E-state index contributed by atoms with van der Waals surface area (Å²) in [5.74, 6) is -0.216. The summed E-state index contributed by atoms with van der Waals surface area (Å²) in [7, 11) is 1.70. The lowest BCUT2D eigenvalue weighted by atomic mass is 9.76. The fraction of sp³-hybridized carbons (Fsp3) is 0.923. The number of carbonyl (C=O) groups excluding carboxylic acids is 1. The molecule has 0 aromatic carbocycles. The van der Waals surface area contributed by atoms with Gasteiger partial charge in [0.05, 0.1) is 12.7 Å². The van der Waals surface area contributed by atoms with E-state index in [9.17, 15) is 4.79 Å². The molecule has 3 unspecified atom stereocenters. The van der Waals surface area contributed by atoms with Crippen molar-refractivity contribution in [3.8, 4) is 0 Å². The van der Waals surface area contributed by atoms with Crippen molar-refractivity contribution >= 4 is 5.97 Å². The molecule has 1 aliphatic carbocycles. The number of hydrogen-bond acceptors (Lipinski definition) is 4. The summed E-state index contributed by atoms with van der Waals surface area (Å²) in [6.45, 7) is 4.20. The Labute approximate surface area is 103 Å². The Balaban J connectivity index is 2.19. The van der Waals surface area contributed by atoms with Gasteiger partial charge in [0.1, 0.15) is 5.60 Å². The summed E-state index contributed by atoms with van der Waals surface area (Å²) in [5.41, 5.74) is -1.16. The number of esters is 1. The Morgan fingerprint density at radius 2 is 2.18 bits per heavy atom. The molecule has 0 aromatic heterocycles. The van der Waals surface area contributed by atoms with Crippen LogP contribution in [0.3, 0.4) is 0 Å². The maximum absolute atomic E-state index is 12.1. The highest BCUT2D eigenvalue weighted by Gasteiger charge is 2.77. The highest BCUT2D eigenvalue weighted by molar-refractivity contribution is 5.85. The summed E-state index contributed by atoms with van der Waals surface area (Å²) in [6.07, 6.45) is 4.80. The molecule has 0 bridgehead atoms. The van der Waals surface area contributed by atoms with Crippen molar-refractivity contribution in [1.29, 1.82) is 0 Å². The maximum Gasteiger partial charge on any atom is 0.341 e. The predicted octanol–water partition coefficient (Wildman–Crippen LogP) is 2.06. The number of epoxide rings is 1. The van der Waals surface area contributed by atoms with Gasteiger partial charge in [0.25, 0.3) is 0 Å². The highest BCUT2D eigenvalue weighted by atomic mass is 16.7. The van der Waals surface area contributed by atoms with Crippen LogP contribution < -0.4 is 0 Å². The molecule has 98 valence electrons. The fourth-order valence-electron chi connectivity index (χ4n) is 3.26. The van der Waals surface area contributed by atoms with E-state index in [1.165, 1.54) is 0 Å². The van der Waals surface area contributed by atoms with E-state index in [2.05, 4.69) is 0 Å². The van der Waals surface area contributed by atoms with E-state index in [1.807, 2.05) is 13.8 Å². The van der Waals surface area contributed by atoms with Gasteiger partial charge in [0, 0.05) is 7.11 Å². The van der Waals surface area contributed by atoms with E-state index < -0.39 is 11.2 Å². The zero-order chi connectivity index (χ0) is 12.5. The van der Waals surface area contributed by atoms with E-state index in [1.54, 1.807) is 7.11 Å². The Kier molecular flexibility index (Phi) is 3.46. The average molecular weight is 242 g/mol.